The van der Waals surface area contributed by atoms with E-state index in [0.717, 1.165) is 33.4 Å². The Bertz CT molecular complexity index is 824. The molecule has 1 aromatic carbocycles. The highest BCUT2D eigenvalue weighted by Gasteiger charge is 2.28. The van der Waals surface area contributed by atoms with Gasteiger partial charge in [-0.3, -0.25) is 4.79 Å². The lowest BCUT2D eigenvalue weighted by molar-refractivity contribution is -0.119. The predicted octanol–water partition coefficient (Wildman–Crippen LogP) is 3.78. The molecule has 1 atom stereocenters. The Morgan fingerprint density at radius 1 is 1.40 bits per heavy atom. The summed E-state index contributed by atoms with van der Waals surface area (Å²) in [5, 5.41) is 3.98. The molecular weight excluding hydrogens is 338 g/mol. The predicted molar refractivity (Wildman–Crippen MR) is 98.7 cm³/mol. The second-order valence-corrected chi connectivity index (χ2v) is 7.68. The van der Waals surface area contributed by atoms with Gasteiger partial charge >= 0.3 is 5.97 Å². The Labute approximate surface area is 151 Å². The number of nitrogens with one attached hydrogen (secondary N) is 1. The van der Waals surface area contributed by atoms with Gasteiger partial charge in [0, 0.05) is 35.0 Å². The molecule has 0 radical (unpaired) electrons. The van der Waals surface area contributed by atoms with Gasteiger partial charge in [0.15, 0.2) is 0 Å². The fourth-order valence-corrected chi connectivity index (χ4v) is 4.38. The van der Waals surface area contributed by atoms with E-state index in [9.17, 15) is 9.59 Å². The highest BCUT2D eigenvalue weighted by molar-refractivity contribution is 7.21. The number of aryl methyl sites for hydroxylation is 1. The maximum atomic E-state index is 12.4. The highest BCUT2D eigenvalue weighted by Crippen LogP contribution is 2.44. The Morgan fingerprint density at radius 2 is 2.16 bits per heavy atom. The van der Waals surface area contributed by atoms with Gasteiger partial charge in [-0.25, -0.2) is 4.79 Å². The molecule has 5 nitrogen and oxygen atoms in total. The molecule has 1 N–H and O–H groups in total. The lowest BCUT2D eigenvalue weighted by Gasteiger charge is -2.27. The van der Waals surface area contributed by atoms with Crippen molar-refractivity contribution in [3.8, 4) is 5.75 Å². The van der Waals surface area contributed by atoms with Crippen LogP contribution in [-0.4, -0.2) is 31.1 Å². The van der Waals surface area contributed by atoms with E-state index in [4.69, 9.17) is 9.47 Å². The molecule has 0 saturated heterocycles. The van der Waals surface area contributed by atoms with Gasteiger partial charge in [0.1, 0.15) is 10.6 Å². The van der Waals surface area contributed by atoms with E-state index in [1.807, 2.05) is 32.9 Å². The standard InChI is InChI=1S/C19H23NO4S/c1-10(2)24-19(22)18-11(3)16-15(25-18)6-5-14-17(16)13(7-8-23-14)9-20-12(4)21/h5-6,10,13H,7-9H2,1-4H3,(H,20,21). The number of rotatable bonds is 4. The SMILES string of the molecule is CC(=O)NCC1CCOc2ccc3sc(C(=O)OC(C)C)c(C)c3c21. The van der Waals surface area contributed by atoms with Crippen molar-refractivity contribution in [2.75, 3.05) is 13.2 Å². The van der Waals surface area contributed by atoms with E-state index in [1.165, 1.54) is 18.3 Å². The zero-order valence-corrected chi connectivity index (χ0v) is 15.8. The van der Waals surface area contributed by atoms with Gasteiger partial charge in [-0.1, -0.05) is 0 Å². The number of fused-ring (bicyclic) bond motifs is 3. The van der Waals surface area contributed by atoms with E-state index in [0.29, 0.717) is 18.0 Å². The van der Waals surface area contributed by atoms with Gasteiger partial charge in [0.2, 0.25) is 5.91 Å². The van der Waals surface area contributed by atoms with Crippen LogP contribution >= 0.6 is 11.3 Å². The van der Waals surface area contributed by atoms with Crippen LogP contribution in [0.15, 0.2) is 12.1 Å². The van der Waals surface area contributed by atoms with Crippen molar-refractivity contribution < 1.29 is 19.1 Å². The minimum atomic E-state index is -0.280. The number of amides is 1. The minimum absolute atomic E-state index is 0.0385. The third kappa shape index (κ3) is 3.49. The summed E-state index contributed by atoms with van der Waals surface area (Å²) < 4.78 is 12.3. The number of carbonyl (C=O) groups excluding carboxylic acids is 2. The molecule has 0 fully saturated rings. The molecule has 0 aliphatic carbocycles. The van der Waals surface area contributed by atoms with E-state index >= 15 is 0 Å². The lowest BCUT2D eigenvalue weighted by atomic mass is 9.89. The molecule has 0 bridgehead atoms. The highest BCUT2D eigenvalue weighted by atomic mass is 32.1. The van der Waals surface area contributed by atoms with Gasteiger partial charge in [0.25, 0.3) is 0 Å². The normalized spacial score (nSPS) is 16.4. The van der Waals surface area contributed by atoms with Crippen LogP contribution < -0.4 is 10.1 Å². The summed E-state index contributed by atoms with van der Waals surface area (Å²) >= 11 is 1.46. The van der Waals surface area contributed by atoms with Crippen LogP contribution in [0.5, 0.6) is 5.75 Å². The molecule has 1 unspecified atom stereocenters. The third-order valence-corrected chi connectivity index (χ3v) is 5.59. The summed E-state index contributed by atoms with van der Waals surface area (Å²) in [6, 6.07) is 3.96. The summed E-state index contributed by atoms with van der Waals surface area (Å²) in [7, 11) is 0. The second kappa shape index (κ2) is 7.04. The first-order valence-corrected chi connectivity index (χ1v) is 9.34. The van der Waals surface area contributed by atoms with Gasteiger partial charge in [-0.15, -0.1) is 11.3 Å². The van der Waals surface area contributed by atoms with Crippen LogP contribution in [0.3, 0.4) is 0 Å². The van der Waals surface area contributed by atoms with Crippen molar-refractivity contribution in [1.29, 1.82) is 0 Å². The molecule has 2 heterocycles. The zero-order valence-electron chi connectivity index (χ0n) is 15.0. The van der Waals surface area contributed by atoms with Crippen molar-refractivity contribution >= 4 is 33.3 Å². The Balaban J connectivity index is 2.08. The molecule has 1 aliphatic heterocycles. The van der Waals surface area contributed by atoms with Crippen LogP contribution in [-0.2, 0) is 9.53 Å². The van der Waals surface area contributed by atoms with Crippen LogP contribution in [0.1, 0.15) is 53.9 Å². The largest absolute Gasteiger partial charge is 0.493 e. The zero-order chi connectivity index (χ0) is 18.1. The topological polar surface area (TPSA) is 64.6 Å². The first kappa shape index (κ1) is 17.7. The maximum Gasteiger partial charge on any atom is 0.348 e. The number of hydrogen-bond donors (Lipinski definition) is 1. The smallest absolute Gasteiger partial charge is 0.348 e. The summed E-state index contributed by atoms with van der Waals surface area (Å²) in [5.41, 5.74) is 2.02. The number of hydrogen-bond acceptors (Lipinski definition) is 5. The van der Waals surface area contributed by atoms with Crippen molar-refractivity contribution in [2.45, 2.75) is 46.1 Å². The molecule has 0 saturated carbocycles. The van der Waals surface area contributed by atoms with Crippen molar-refractivity contribution in [3.63, 3.8) is 0 Å². The molecule has 25 heavy (non-hydrogen) atoms. The number of ether oxygens (including phenoxy) is 2. The fraction of sp³-hybridized carbons (Fsp3) is 0.474. The van der Waals surface area contributed by atoms with Crippen molar-refractivity contribution in [1.82, 2.24) is 5.32 Å². The first-order valence-electron chi connectivity index (χ1n) is 8.52. The average Bonchev–Trinajstić information content (AvgIpc) is 2.89. The Kier molecular flexibility index (Phi) is 4.99. The van der Waals surface area contributed by atoms with E-state index < -0.39 is 0 Å². The summed E-state index contributed by atoms with van der Waals surface area (Å²) in [6.45, 7) is 8.39. The molecule has 3 rings (SSSR count). The number of carbonyl (C=O) groups is 2. The third-order valence-electron chi connectivity index (χ3n) is 4.35. The number of benzene rings is 1. The molecule has 0 spiro atoms. The fourth-order valence-electron chi connectivity index (χ4n) is 3.27. The van der Waals surface area contributed by atoms with Crippen LogP contribution in [0.4, 0.5) is 0 Å². The molecular formula is C19H23NO4S. The van der Waals surface area contributed by atoms with Gasteiger partial charge in [0.05, 0.1) is 12.7 Å². The first-order chi connectivity index (χ1) is 11.9. The average molecular weight is 361 g/mol. The maximum absolute atomic E-state index is 12.4. The van der Waals surface area contributed by atoms with Gasteiger partial charge in [-0.2, -0.15) is 0 Å². The van der Waals surface area contributed by atoms with Crippen LogP contribution in [0, 0.1) is 6.92 Å². The Hall–Kier alpha value is -2.08. The van der Waals surface area contributed by atoms with E-state index in [2.05, 4.69) is 5.32 Å². The summed E-state index contributed by atoms with van der Waals surface area (Å²) in [6.07, 6.45) is 0.690. The minimum Gasteiger partial charge on any atom is -0.493 e. The molecule has 1 aliphatic rings. The second-order valence-electron chi connectivity index (χ2n) is 6.63. The van der Waals surface area contributed by atoms with Gasteiger partial charge in [-0.05, 0) is 44.9 Å². The monoisotopic (exact) mass is 361 g/mol. The van der Waals surface area contributed by atoms with Crippen molar-refractivity contribution in [2.24, 2.45) is 0 Å². The molecule has 2 aromatic rings. The van der Waals surface area contributed by atoms with E-state index in [-0.39, 0.29) is 23.9 Å². The quantitative estimate of drug-likeness (QED) is 0.842. The summed E-state index contributed by atoms with van der Waals surface area (Å²) in [5.74, 6) is 0.707. The lowest BCUT2D eigenvalue weighted by Crippen LogP contribution is -2.29. The molecule has 1 aromatic heterocycles. The summed E-state index contributed by atoms with van der Waals surface area (Å²) in [4.78, 5) is 24.4. The van der Waals surface area contributed by atoms with Crippen LogP contribution in [0.2, 0.25) is 0 Å². The number of esters is 1. The van der Waals surface area contributed by atoms with Crippen LogP contribution in [0.25, 0.3) is 10.1 Å². The Morgan fingerprint density at radius 3 is 2.84 bits per heavy atom. The molecule has 6 heteroatoms. The van der Waals surface area contributed by atoms with E-state index in [1.54, 1.807) is 0 Å². The molecule has 134 valence electrons. The van der Waals surface area contributed by atoms with Crippen molar-refractivity contribution in [3.05, 3.63) is 28.1 Å². The molecule has 1 amide bonds. The number of thiophene rings is 1. The van der Waals surface area contributed by atoms with Gasteiger partial charge < -0.3 is 14.8 Å².